The lowest BCUT2D eigenvalue weighted by Crippen LogP contribution is -2.25. The van der Waals surface area contributed by atoms with Crippen LogP contribution < -0.4 is 9.47 Å². The maximum atomic E-state index is 8.81. The third kappa shape index (κ3) is 4.44. The van der Waals surface area contributed by atoms with E-state index in [4.69, 9.17) is 19.1 Å². The molecule has 0 amide bonds. The lowest BCUT2D eigenvalue weighted by molar-refractivity contribution is -0.106. The molecule has 0 saturated carbocycles. The highest BCUT2D eigenvalue weighted by Crippen LogP contribution is 2.63. The zero-order valence-electron chi connectivity index (χ0n) is 22.4. The second-order valence-corrected chi connectivity index (χ2v) is 8.14. The van der Waals surface area contributed by atoms with Crippen molar-refractivity contribution >= 4 is 12.6 Å². The Hall–Kier alpha value is -4.18. The molecule has 190 valence electrons. The Morgan fingerprint density at radius 3 is 1.22 bits per heavy atom. The number of aldehydes is 2. The minimum atomic E-state index is -0.360. The van der Waals surface area contributed by atoms with Crippen LogP contribution in [0.4, 0.5) is 0 Å². The van der Waals surface area contributed by atoms with Crippen molar-refractivity contribution in [2.75, 3.05) is 14.2 Å². The Balaban J connectivity index is 0.000000429. The molecule has 2 aliphatic rings. The van der Waals surface area contributed by atoms with E-state index in [0.717, 1.165) is 24.1 Å². The van der Waals surface area contributed by atoms with Crippen LogP contribution in [0.1, 0.15) is 49.9 Å². The summed E-state index contributed by atoms with van der Waals surface area (Å²) in [5.41, 5.74) is 9.95. The molecule has 0 saturated heterocycles. The Morgan fingerprint density at radius 1 is 0.541 bits per heavy atom. The number of carbonyl (C=O) groups excluding carboxylic acids is 2. The molecule has 0 radical (unpaired) electrons. The van der Waals surface area contributed by atoms with Crippen molar-refractivity contribution < 1.29 is 19.1 Å². The van der Waals surface area contributed by atoms with Gasteiger partial charge in [-0.15, -0.1) is 0 Å². The van der Waals surface area contributed by atoms with Gasteiger partial charge in [0.05, 0.1) is 19.6 Å². The predicted octanol–water partition coefficient (Wildman–Crippen LogP) is 7.48. The average molecular weight is 495 g/mol. The Bertz CT molecular complexity index is 1280. The van der Waals surface area contributed by atoms with E-state index in [1.54, 1.807) is 14.2 Å². The van der Waals surface area contributed by atoms with Crippen LogP contribution in [-0.2, 0) is 15.0 Å². The fourth-order valence-electron chi connectivity index (χ4n) is 5.35. The molecule has 4 heteroatoms. The molecule has 0 aliphatic heterocycles. The van der Waals surface area contributed by atoms with E-state index in [9.17, 15) is 0 Å². The Kier molecular flexibility index (Phi) is 9.02. The van der Waals surface area contributed by atoms with Crippen LogP contribution in [-0.4, -0.2) is 26.8 Å². The number of fused-ring (bicyclic) bond motifs is 10. The van der Waals surface area contributed by atoms with Crippen LogP contribution in [0.5, 0.6) is 11.5 Å². The van der Waals surface area contributed by atoms with E-state index in [1.807, 2.05) is 13.8 Å². The molecule has 0 atom stereocenters. The van der Waals surface area contributed by atoms with Crippen LogP contribution in [0, 0.1) is 0 Å². The number of hydrogen-bond donors (Lipinski definition) is 0. The van der Waals surface area contributed by atoms with Crippen molar-refractivity contribution in [1.82, 2.24) is 0 Å². The standard InChI is InChI=1S/C27H20O2.2C2H4O.C2H6/c1-28-17-11-13-21-19-7-3-5-9-23(19)27(25(21)15-17)24-10-6-4-8-20(24)22-14-12-18(29-2)16-26(22)27;2*1-2-3;1-2/h3-16H,1-2H3;2*2H,1H3;1-2H3. The minimum absolute atomic E-state index is 0.360. The van der Waals surface area contributed by atoms with E-state index in [0.29, 0.717) is 0 Å². The molecule has 0 aromatic heterocycles. The van der Waals surface area contributed by atoms with Crippen molar-refractivity contribution in [3.63, 3.8) is 0 Å². The van der Waals surface area contributed by atoms with E-state index in [1.165, 1.54) is 58.4 Å². The van der Waals surface area contributed by atoms with Gasteiger partial charge >= 0.3 is 0 Å². The Morgan fingerprint density at radius 2 is 0.865 bits per heavy atom. The smallest absolute Gasteiger partial charge is 0.119 e. The van der Waals surface area contributed by atoms with E-state index >= 15 is 0 Å². The first kappa shape index (κ1) is 27.4. The van der Waals surface area contributed by atoms with Gasteiger partial charge in [0.15, 0.2) is 0 Å². The molecule has 4 aromatic carbocycles. The van der Waals surface area contributed by atoms with Crippen LogP contribution in [0.3, 0.4) is 0 Å². The van der Waals surface area contributed by atoms with Crippen molar-refractivity contribution in [2.24, 2.45) is 0 Å². The summed E-state index contributed by atoms with van der Waals surface area (Å²) in [5.74, 6) is 1.76. The van der Waals surface area contributed by atoms with E-state index < -0.39 is 0 Å². The maximum absolute atomic E-state index is 8.81. The first-order chi connectivity index (χ1) is 18.1. The van der Waals surface area contributed by atoms with Gasteiger partial charge in [-0.2, -0.15) is 0 Å². The number of rotatable bonds is 2. The topological polar surface area (TPSA) is 52.6 Å². The fraction of sp³-hybridized carbons (Fsp3) is 0.212. The molecule has 1 spiro atoms. The van der Waals surface area contributed by atoms with Gasteiger partial charge in [0.25, 0.3) is 0 Å². The molecule has 0 bridgehead atoms. The quantitative estimate of drug-likeness (QED) is 0.234. The van der Waals surface area contributed by atoms with Crippen molar-refractivity contribution in [1.29, 1.82) is 0 Å². The van der Waals surface area contributed by atoms with Crippen LogP contribution in [0.15, 0.2) is 84.9 Å². The number of hydrogen-bond acceptors (Lipinski definition) is 4. The molecule has 37 heavy (non-hydrogen) atoms. The first-order valence-corrected chi connectivity index (χ1v) is 12.5. The SMILES string of the molecule is CC.CC=O.CC=O.COc1ccc2c(c1)C1(c3ccccc3-2)c2ccccc2-c2ccc(OC)cc21. The minimum Gasteiger partial charge on any atom is -0.497 e. The van der Waals surface area contributed by atoms with Gasteiger partial charge in [-0.05, 0) is 82.6 Å². The maximum Gasteiger partial charge on any atom is 0.119 e. The van der Waals surface area contributed by atoms with E-state index in [2.05, 4.69) is 84.9 Å². The number of carbonyl (C=O) groups is 2. The summed E-state index contributed by atoms with van der Waals surface area (Å²) >= 11 is 0. The molecule has 0 N–H and O–H groups in total. The summed E-state index contributed by atoms with van der Waals surface area (Å²) in [4.78, 5) is 17.6. The molecule has 4 aromatic rings. The van der Waals surface area contributed by atoms with Gasteiger partial charge in [0.2, 0.25) is 0 Å². The monoisotopic (exact) mass is 494 g/mol. The summed E-state index contributed by atoms with van der Waals surface area (Å²) in [7, 11) is 3.46. The number of benzene rings is 4. The first-order valence-electron chi connectivity index (χ1n) is 12.5. The van der Waals surface area contributed by atoms with Crippen LogP contribution in [0.2, 0.25) is 0 Å². The molecular weight excluding hydrogens is 460 g/mol. The summed E-state index contributed by atoms with van der Waals surface area (Å²) in [5, 5.41) is 0. The lowest BCUT2D eigenvalue weighted by Gasteiger charge is -2.30. The number of ether oxygens (including phenoxy) is 2. The van der Waals surface area contributed by atoms with Gasteiger partial charge < -0.3 is 19.1 Å². The highest BCUT2D eigenvalue weighted by molar-refractivity contribution is 5.95. The average Bonchev–Trinajstić information content (AvgIpc) is 3.41. The van der Waals surface area contributed by atoms with Crippen molar-refractivity contribution in [2.45, 2.75) is 33.1 Å². The highest BCUT2D eigenvalue weighted by Gasteiger charge is 2.51. The highest BCUT2D eigenvalue weighted by atomic mass is 16.5. The summed E-state index contributed by atoms with van der Waals surface area (Å²) < 4.78 is 11.3. The van der Waals surface area contributed by atoms with Gasteiger partial charge in [-0.1, -0.05) is 74.5 Å². The molecule has 0 unspecified atom stereocenters. The zero-order valence-corrected chi connectivity index (χ0v) is 22.4. The van der Waals surface area contributed by atoms with E-state index in [-0.39, 0.29) is 5.41 Å². The molecule has 4 nitrogen and oxygen atoms in total. The molecular formula is C33H34O4. The lowest BCUT2D eigenvalue weighted by atomic mass is 9.70. The molecule has 0 heterocycles. The van der Waals surface area contributed by atoms with Crippen molar-refractivity contribution in [3.05, 3.63) is 107 Å². The fourth-order valence-corrected chi connectivity index (χ4v) is 5.35. The molecule has 6 rings (SSSR count). The largest absolute Gasteiger partial charge is 0.497 e. The molecule has 2 aliphatic carbocycles. The molecule has 0 fully saturated rings. The summed E-state index contributed by atoms with van der Waals surface area (Å²) in [6, 6.07) is 30.5. The zero-order chi connectivity index (χ0) is 27.0. The van der Waals surface area contributed by atoms with Gasteiger partial charge in [-0.25, -0.2) is 0 Å². The van der Waals surface area contributed by atoms with Crippen molar-refractivity contribution in [3.8, 4) is 33.8 Å². The third-order valence-corrected chi connectivity index (χ3v) is 6.50. The second-order valence-electron chi connectivity index (χ2n) is 8.14. The Labute approximate surface area is 219 Å². The van der Waals surface area contributed by atoms with Gasteiger partial charge in [0, 0.05) is 0 Å². The van der Waals surface area contributed by atoms with Crippen LogP contribution in [0.25, 0.3) is 22.3 Å². The number of methoxy groups -OCH3 is 2. The van der Waals surface area contributed by atoms with Gasteiger partial charge in [0.1, 0.15) is 24.1 Å². The predicted molar refractivity (Wildman–Crippen MR) is 151 cm³/mol. The third-order valence-electron chi connectivity index (χ3n) is 6.50. The summed E-state index contributed by atoms with van der Waals surface area (Å²) in [6.07, 6.45) is 1.50. The normalized spacial score (nSPS) is 11.9. The van der Waals surface area contributed by atoms with Crippen LogP contribution >= 0.6 is 0 Å². The second kappa shape index (κ2) is 12.2. The summed E-state index contributed by atoms with van der Waals surface area (Å²) in [6.45, 7) is 6.89. The van der Waals surface area contributed by atoms with Gasteiger partial charge in [-0.3, -0.25) is 0 Å².